The molecule has 2 aromatic rings. The molecule has 2 rings (SSSR count). The van der Waals surface area contributed by atoms with Crippen molar-refractivity contribution < 1.29 is 28.6 Å². The smallest absolute Gasteiger partial charge is 0.341 e. The first-order valence-corrected chi connectivity index (χ1v) is 9.83. The van der Waals surface area contributed by atoms with E-state index in [1.807, 2.05) is 18.2 Å². The Morgan fingerprint density at radius 3 is 2.52 bits per heavy atom. The molecule has 9 heteroatoms. The summed E-state index contributed by atoms with van der Waals surface area (Å²) in [6.07, 6.45) is 0. The number of benzene rings is 1. The summed E-state index contributed by atoms with van der Waals surface area (Å²) in [4.78, 5) is 36.5. The van der Waals surface area contributed by atoms with Gasteiger partial charge < -0.3 is 19.5 Å². The highest BCUT2D eigenvalue weighted by Gasteiger charge is 2.36. The highest BCUT2D eigenvalue weighted by atomic mass is 32.1. The van der Waals surface area contributed by atoms with Crippen molar-refractivity contribution in [1.29, 1.82) is 0 Å². The van der Waals surface area contributed by atoms with E-state index in [0.717, 1.165) is 0 Å². The molecule has 1 amide bonds. The second-order valence-electron chi connectivity index (χ2n) is 6.21. The molecule has 1 aromatic carbocycles. The van der Waals surface area contributed by atoms with Crippen molar-refractivity contribution >= 4 is 34.2 Å². The molecule has 2 N–H and O–H groups in total. The van der Waals surface area contributed by atoms with E-state index < -0.39 is 23.4 Å². The summed E-state index contributed by atoms with van der Waals surface area (Å²) in [5, 5.41) is 7.60. The third-order valence-electron chi connectivity index (χ3n) is 3.96. The number of rotatable bonds is 10. The van der Waals surface area contributed by atoms with Crippen molar-refractivity contribution in [3.63, 3.8) is 0 Å². The van der Waals surface area contributed by atoms with Gasteiger partial charge in [-0.3, -0.25) is 10.1 Å². The number of thiophene rings is 1. The molecule has 0 aliphatic carbocycles. The van der Waals surface area contributed by atoms with Gasteiger partial charge in [-0.05, 0) is 37.4 Å². The van der Waals surface area contributed by atoms with E-state index in [2.05, 4.69) is 10.6 Å². The number of nitrogens with one attached hydrogen (secondary N) is 2. The largest absolute Gasteiger partial charge is 0.491 e. The molecule has 0 radical (unpaired) electrons. The number of para-hydroxylation sites is 1. The van der Waals surface area contributed by atoms with Gasteiger partial charge in [-0.1, -0.05) is 18.2 Å². The molecule has 29 heavy (non-hydrogen) atoms. The minimum Gasteiger partial charge on any atom is -0.491 e. The molecule has 8 nitrogen and oxygen atoms in total. The van der Waals surface area contributed by atoms with Crippen LogP contribution in [0.4, 0.5) is 5.00 Å². The van der Waals surface area contributed by atoms with E-state index in [4.69, 9.17) is 14.2 Å². The van der Waals surface area contributed by atoms with E-state index in [0.29, 0.717) is 10.8 Å². The summed E-state index contributed by atoms with van der Waals surface area (Å²) in [6.45, 7) is 3.30. The van der Waals surface area contributed by atoms with Crippen LogP contribution in [0.1, 0.15) is 24.2 Å². The Morgan fingerprint density at radius 1 is 1.14 bits per heavy atom. The second kappa shape index (κ2) is 10.6. The van der Waals surface area contributed by atoms with E-state index in [9.17, 15) is 14.4 Å². The van der Waals surface area contributed by atoms with Gasteiger partial charge >= 0.3 is 11.9 Å². The normalized spacial score (nSPS) is 12.5. The number of carbonyl (C=O) groups excluding carboxylic acids is 3. The molecule has 0 bridgehead atoms. The van der Waals surface area contributed by atoms with Gasteiger partial charge in [0, 0.05) is 0 Å². The quantitative estimate of drug-likeness (QED) is 0.569. The summed E-state index contributed by atoms with van der Waals surface area (Å²) in [5.74, 6) is -0.906. The number of carbonyl (C=O) groups is 3. The van der Waals surface area contributed by atoms with Crippen molar-refractivity contribution in [3.05, 3.63) is 47.3 Å². The Hall–Kier alpha value is -2.91. The molecule has 156 valence electrons. The summed E-state index contributed by atoms with van der Waals surface area (Å²) >= 11 is 1.21. The lowest BCUT2D eigenvalue weighted by Gasteiger charge is -2.27. The molecule has 0 spiro atoms. The molecule has 0 saturated carbocycles. The standard InChI is InChI=1S/C20H24N2O6S/c1-4-27-18(24)15-10-11-29-17(15)22-16(23)12-21-20(2,19(25)26-3)13-28-14-8-6-5-7-9-14/h5-11,21H,4,12-13H2,1-3H3,(H,22,23). The summed E-state index contributed by atoms with van der Waals surface area (Å²) in [5.41, 5.74) is -0.963. The maximum Gasteiger partial charge on any atom is 0.341 e. The predicted molar refractivity (Wildman–Crippen MR) is 109 cm³/mol. The average molecular weight is 420 g/mol. The molecule has 0 aliphatic rings. The molecule has 1 aromatic heterocycles. The maximum absolute atomic E-state index is 12.4. The average Bonchev–Trinajstić information content (AvgIpc) is 3.19. The molecule has 0 aliphatic heterocycles. The van der Waals surface area contributed by atoms with Crippen LogP contribution in [0.25, 0.3) is 0 Å². The Bertz CT molecular complexity index is 839. The number of amides is 1. The number of anilines is 1. The van der Waals surface area contributed by atoms with Crippen molar-refractivity contribution in [2.45, 2.75) is 19.4 Å². The van der Waals surface area contributed by atoms with Gasteiger partial charge in [0.15, 0.2) is 0 Å². The fourth-order valence-corrected chi connectivity index (χ4v) is 3.16. The number of hydrogen-bond donors (Lipinski definition) is 2. The van der Waals surface area contributed by atoms with Gasteiger partial charge in [-0.25, -0.2) is 9.59 Å². The minimum absolute atomic E-state index is 0.0377. The molecule has 1 unspecified atom stereocenters. The van der Waals surface area contributed by atoms with Crippen LogP contribution in [-0.2, 0) is 19.1 Å². The summed E-state index contributed by atoms with van der Waals surface area (Å²) in [6, 6.07) is 10.6. The van der Waals surface area contributed by atoms with Gasteiger partial charge in [-0.15, -0.1) is 11.3 Å². The van der Waals surface area contributed by atoms with Crippen LogP contribution in [0, 0.1) is 0 Å². The first-order valence-electron chi connectivity index (χ1n) is 8.95. The fourth-order valence-electron chi connectivity index (χ4n) is 2.37. The van der Waals surface area contributed by atoms with Gasteiger partial charge in [0.1, 0.15) is 22.9 Å². The number of methoxy groups -OCH3 is 1. The van der Waals surface area contributed by atoms with Gasteiger partial charge in [0.25, 0.3) is 0 Å². The van der Waals surface area contributed by atoms with Crippen LogP contribution in [0.5, 0.6) is 5.75 Å². The summed E-state index contributed by atoms with van der Waals surface area (Å²) in [7, 11) is 1.27. The zero-order chi connectivity index (χ0) is 21.3. The SMILES string of the molecule is CCOC(=O)c1ccsc1NC(=O)CNC(C)(COc1ccccc1)C(=O)OC. The topological polar surface area (TPSA) is 103 Å². The zero-order valence-electron chi connectivity index (χ0n) is 16.5. The Balaban J connectivity index is 1.98. The maximum atomic E-state index is 12.4. The van der Waals surface area contributed by atoms with Gasteiger partial charge in [0.05, 0.1) is 25.8 Å². The van der Waals surface area contributed by atoms with Crippen molar-refractivity contribution in [1.82, 2.24) is 5.32 Å². The van der Waals surface area contributed by atoms with E-state index in [1.165, 1.54) is 18.4 Å². The monoisotopic (exact) mass is 420 g/mol. The highest BCUT2D eigenvalue weighted by molar-refractivity contribution is 7.14. The number of hydrogen-bond acceptors (Lipinski definition) is 8. The van der Waals surface area contributed by atoms with Gasteiger partial charge in [0.2, 0.25) is 5.91 Å². The van der Waals surface area contributed by atoms with Gasteiger partial charge in [-0.2, -0.15) is 0 Å². The van der Waals surface area contributed by atoms with Crippen LogP contribution in [0.3, 0.4) is 0 Å². The number of ether oxygens (including phenoxy) is 3. The lowest BCUT2D eigenvalue weighted by atomic mass is 10.0. The Kier molecular flexibility index (Phi) is 8.17. The molecular formula is C20H24N2O6S. The third-order valence-corrected chi connectivity index (χ3v) is 4.79. The van der Waals surface area contributed by atoms with E-state index >= 15 is 0 Å². The minimum atomic E-state index is -1.25. The van der Waals surface area contributed by atoms with Crippen LogP contribution in [0.15, 0.2) is 41.8 Å². The van der Waals surface area contributed by atoms with Crippen molar-refractivity contribution in [2.75, 3.05) is 32.2 Å². The Labute approximate surface area is 173 Å². The molecule has 1 atom stereocenters. The molecule has 0 saturated heterocycles. The highest BCUT2D eigenvalue weighted by Crippen LogP contribution is 2.24. The molecular weight excluding hydrogens is 396 g/mol. The number of esters is 2. The predicted octanol–water partition coefficient (Wildman–Crippen LogP) is 2.46. The molecule has 1 heterocycles. The van der Waals surface area contributed by atoms with Crippen LogP contribution < -0.4 is 15.4 Å². The van der Waals surface area contributed by atoms with E-state index in [-0.39, 0.29) is 25.3 Å². The molecule has 0 fully saturated rings. The van der Waals surface area contributed by atoms with Crippen LogP contribution in [0.2, 0.25) is 0 Å². The van der Waals surface area contributed by atoms with Crippen LogP contribution >= 0.6 is 11.3 Å². The fraction of sp³-hybridized carbons (Fsp3) is 0.350. The first kappa shape index (κ1) is 22.4. The first-order chi connectivity index (χ1) is 13.9. The third kappa shape index (κ3) is 6.30. The van der Waals surface area contributed by atoms with Crippen molar-refractivity contribution in [2.24, 2.45) is 0 Å². The zero-order valence-corrected chi connectivity index (χ0v) is 17.3. The summed E-state index contributed by atoms with van der Waals surface area (Å²) < 4.78 is 15.5. The lowest BCUT2D eigenvalue weighted by molar-refractivity contribution is -0.149. The lowest BCUT2D eigenvalue weighted by Crippen LogP contribution is -2.56. The van der Waals surface area contributed by atoms with Crippen LogP contribution in [-0.4, -0.2) is 50.3 Å². The van der Waals surface area contributed by atoms with E-state index in [1.54, 1.807) is 37.4 Å². The Morgan fingerprint density at radius 2 is 1.86 bits per heavy atom. The van der Waals surface area contributed by atoms with Crippen molar-refractivity contribution in [3.8, 4) is 5.75 Å². The second-order valence-corrected chi connectivity index (χ2v) is 7.13.